The zero-order valence-corrected chi connectivity index (χ0v) is 24.0. The molecule has 0 aromatic carbocycles. The van der Waals surface area contributed by atoms with Crippen LogP contribution in [0.5, 0.6) is 0 Å². The number of nitrogens with zero attached hydrogens (tertiary/aromatic N) is 4. The van der Waals surface area contributed by atoms with E-state index in [9.17, 15) is 44.4 Å². The van der Waals surface area contributed by atoms with Crippen molar-refractivity contribution in [1.29, 1.82) is 0 Å². The smallest absolute Gasteiger partial charge is 0.549 e. The van der Waals surface area contributed by atoms with E-state index in [0.717, 1.165) is 0 Å². The fourth-order valence-electron chi connectivity index (χ4n) is 4.17. The summed E-state index contributed by atoms with van der Waals surface area (Å²) in [6, 6.07) is -0.940. The van der Waals surface area contributed by atoms with Gasteiger partial charge in [0.15, 0.2) is 0 Å². The SMILES string of the molecule is NOCC(=O)NCCCCC(C(=O)O)N1CCN(CC(=O)[O-])CCN(CC(=O)[O-])CCN(CC(=O)[O-])CC1.[Gd+3]. The number of aliphatic carboxylic acids is 4. The Morgan fingerprint density at radius 1 is 0.769 bits per heavy atom. The Bertz CT molecular complexity index is 760. The van der Waals surface area contributed by atoms with Gasteiger partial charge in [-0.1, -0.05) is 0 Å². The number of nitrogens with two attached hydrogens (primary N) is 1. The quantitative estimate of drug-likeness (QED) is 0.106. The second-order valence-electron chi connectivity index (χ2n) is 8.99. The van der Waals surface area contributed by atoms with Crippen molar-refractivity contribution in [2.24, 2.45) is 5.90 Å². The number of nitrogens with one attached hydrogen (secondary N) is 1. The summed E-state index contributed by atoms with van der Waals surface area (Å²) < 4.78 is 0. The fraction of sp³-hybridized carbons (Fsp3) is 0.773. The summed E-state index contributed by atoms with van der Waals surface area (Å²) in [6.45, 7) is 0.0676. The topological polar surface area (TPSA) is 235 Å². The predicted molar refractivity (Wildman–Crippen MR) is 124 cm³/mol. The molecular weight excluding hydrogens is 666 g/mol. The molecule has 1 aliphatic heterocycles. The molecule has 1 rings (SSSR count). The van der Waals surface area contributed by atoms with Crippen molar-refractivity contribution in [2.75, 3.05) is 85.1 Å². The number of rotatable bonds is 15. The van der Waals surface area contributed by atoms with Crippen LogP contribution in [0.25, 0.3) is 0 Å². The van der Waals surface area contributed by atoms with Crippen molar-refractivity contribution in [3.8, 4) is 0 Å². The van der Waals surface area contributed by atoms with E-state index in [1.807, 2.05) is 0 Å². The first-order chi connectivity index (χ1) is 18.0. The van der Waals surface area contributed by atoms with Crippen molar-refractivity contribution in [1.82, 2.24) is 24.9 Å². The third kappa shape index (κ3) is 17.7. The third-order valence-corrected chi connectivity index (χ3v) is 6.10. The zero-order valence-electron chi connectivity index (χ0n) is 21.7. The fourth-order valence-corrected chi connectivity index (χ4v) is 4.17. The summed E-state index contributed by atoms with van der Waals surface area (Å²) in [5, 5.41) is 46.2. The number of amides is 1. The number of hydrogen-bond acceptors (Lipinski definition) is 14. The summed E-state index contributed by atoms with van der Waals surface area (Å²) in [5.74, 6) is -0.623. The maximum atomic E-state index is 12.1. The van der Waals surface area contributed by atoms with Crippen LogP contribution in [0.4, 0.5) is 0 Å². The maximum Gasteiger partial charge on any atom is 3.00 e. The molecule has 0 bridgehead atoms. The molecule has 1 radical (unpaired) electrons. The molecule has 1 fully saturated rings. The molecule has 1 aliphatic rings. The van der Waals surface area contributed by atoms with Crippen LogP contribution < -0.4 is 26.5 Å². The normalized spacial score (nSPS) is 17.7. The molecule has 0 aromatic heterocycles. The number of carbonyl (C=O) groups excluding carboxylic acids is 4. The van der Waals surface area contributed by atoms with E-state index < -0.39 is 55.5 Å². The maximum absolute atomic E-state index is 12.1. The van der Waals surface area contributed by atoms with E-state index >= 15 is 0 Å². The molecule has 0 aliphatic carbocycles. The molecule has 1 atom stereocenters. The van der Waals surface area contributed by atoms with Gasteiger partial charge in [0.05, 0.1) is 17.9 Å². The average Bonchev–Trinajstić information content (AvgIpc) is 2.81. The molecule has 0 spiro atoms. The Hall–Kier alpha value is -1.57. The van der Waals surface area contributed by atoms with Crippen LogP contribution in [-0.2, 0) is 28.8 Å². The third-order valence-electron chi connectivity index (χ3n) is 6.10. The molecule has 1 heterocycles. The molecule has 39 heavy (non-hydrogen) atoms. The van der Waals surface area contributed by atoms with Crippen LogP contribution in [0.3, 0.4) is 0 Å². The summed E-state index contributed by atoms with van der Waals surface area (Å²) >= 11 is 0. The van der Waals surface area contributed by atoms with E-state index in [2.05, 4.69) is 10.2 Å². The van der Waals surface area contributed by atoms with Crippen LogP contribution in [-0.4, -0.2) is 146 Å². The van der Waals surface area contributed by atoms with Crippen LogP contribution in [0.2, 0.25) is 0 Å². The zero-order chi connectivity index (χ0) is 28.5. The van der Waals surface area contributed by atoms with Gasteiger partial charge in [-0.2, -0.15) is 0 Å². The summed E-state index contributed by atoms with van der Waals surface area (Å²) in [6.07, 6.45) is 1.19. The largest absolute Gasteiger partial charge is 3.00 e. The average molecular weight is 703 g/mol. The second-order valence-corrected chi connectivity index (χ2v) is 8.99. The van der Waals surface area contributed by atoms with E-state index in [4.69, 9.17) is 5.90 Å². The van der Waals surface area contributed by atoms with Gasteiger partial charge in [-0.3, -0.25) is 34.0 Å². The molecule has 223 valence electrons. The number of carboxylic acids is 4. The molecule has 0 aromatic rings. The van der Waals surface area contributed by atoms with Gasteiger partial charge in [0, 0.05) is 78.5 Å². The van der Waals surface area contributed by atoms with Crippen LogP contribution in [0.1, 0.15) is 19.3 Å². The van der Waals surface area contributed by atoms with Crippen molar-refractivity contribution in [3.63, 3.8) is 0 Å². The Balaban J connectivity index is 0.0000144. The predicted octanol–water partition coefficient (Wildman–Crippen LogP) is -6.91. The minimum atomic E-state index is -1.33. The van der Waals surface area contributed by atoms with Crippen molar-refractivity contribution >= 4 is 29.8 Å². The molecule has 16 nitrogen and oxygen atoms in total. The number of unbranched alkanes of at least 4 members (excludes halogenated alkanes) is 1. The summed E-state index contributed by atoms with van der Waals surface area (Å²) in [7, 11) is 0. The molecule has 4 N–H and O–H groups in total. The van der Waals surface area contributed by atoms with E-state index in [0.29, 0.717) is 19.4 Å². The standard InChI is InChI=1S/C22H40N6O10.Gd/c23-38-16-18(29)24-4-2-1-3-17(22(36)37)28-11-9-26(14-20(32)33)7-5-25(13-19(30)31)6-8-27(10-12-28)15-21(34)35;/h17H,1-16,23H2,(H,24,29)(H,30,31)(H,32,33)(H,34,35)(H,36,37);/q;+3/p-3. The van der Waals surface area contributed by atoms with Gasteiger partial charge < -0.3 is 40.1 Å². The van der Waals surface area contributed by atoms with Crippen molar-refractivity contribution in [3.05, 3.63) is 0 Å². The van der Waals surface area contributed by atoms with Crippen LogP contribution in [0, 0.1) is 39.9 Å². The Kier molecular flexibility index (Phi) is 20.4. The van der Waals surface area contributed by atoms with Gasteiger partial charge in [-0.15, -0.1) is 0 Å². The minimum absolute atomic E-state index is 0. The molecule has 1 amide bonds. The molecule has 1 saturated heterocycles. The summed E-state index contributed by atoms with van der Waals surface area (Å²) in [4.78, 5) is 67.8. The van der Waals surface area contributed by atoms with Gasteiger partial charge in [0.25, 0.3) is 0 Å². The Morgan fingerprint density at radius 3 is 1.54 bits per heavy atom. The number of hydrogen-bond donors (Lipinski definition) is 3. The first-order valence-electron chi connectivity index (χ1n) is 12.3. The Morgan fingerprint density at radius 2 is 1.18 bits per heavy atom. The van der Waals surface area contributed by atoms with Gasteiger partial charge in [0.1, 0.15) is 12.6 Å². The van der Waals surface area contributed by atoms with Gasteiger partial charge in [0.2, 0.25) is 5.91 Å². The number of carboxylic acid groups (broad SMARTS) is 4. The number of carbonyl (C=O) groups is 5. The van der Waals surface area contributed by atoms with Crippen molar-refractivity contribution in [2.45, 2.75) is 25.3 Å². The van der Waals surface area contributed by atoms with Gasteiger partial charge in [-0.25, -0.2) is 5.90 Å². The van der Waals surface area contributed by atoms with Crippen LogP contribution >= 0.6 is 0 Å². The van der Waals surface area contributed by atoms with E-state index in [1.54, 1.807) is 14.7 Å². The van der Waals surface area contributed by atoms with E-state index in [-0.39, 0.29) is 105 Å². The second kappa shape index (κ2) is 21.2. The molecule has 0 saturated carbocycles. The van der Waals surface area contributed by atoms with Gasteiger partial charge in [-0.05, 0) is 19.3 Å². The first kappa shape index (κ1) is 37.4. The molecule has 1 unspecified atom stereocenters. The Labute approximate surface area is 259 Å². The molecule has 17 heteroatoms. The van der Waals surface area contributed by atoms with Crippen molar-refractivity contribution < 1.29 is 89.2 Å². The first-order valence-corrected chi connectivity index (χ1v) is 12.3. The summed E-state index contributed by atoms with van der Waals surface area (Å²) in [5.41, 5.74) is 0. The minimum Gasteiger partial charge on any atom is -0.549 e. The van der Waals surface area contributed by atoms with E-state index in [1.165, 1.54) is 4.90 Å². The molecular formula is C22H37GdN6O10. The monoisotopic (exact) mass is 703 g/mol. The van der Waals surface area contributed by atoms with Crippen LogP contribution in [0.15, 0.2) is 0 Å². The van der Waals surface area contributed by atoms with Gasteiger partial charge >= 0.3 is 45.9 Å².